The second-order valence-corrected chi connectivity index (χ2v) is 8.14. The summed E-state index contributed by atoms with van der Waals surface area (Å²) in [6.45, 7) is 0. The van der Waals surface area contributed by atoms with Crippen molar-refractivity contribution in [1.29, 1.82) is 0 Å². The van der Waals surface area contributed by atoms with Crippen molar-refractivity contribution in [3.63, 3.8) is 0 Å². The summed E-state index contributed by atoms with van der Waals surface area (Å²) >= 11 is 6.08. The van der Waals surface area contributed by atoms with Crippen molar-refractivity contribution in [1.82, 2.24) is 0 Å². The van der Waals surface area contributed by atoms with E-state index in [4.69, 9.17) is 16.3 Å². The highest BCUT2D eigenvalue weighted by Gasteiger charge is 2.61. The number of anilines is 1. The van der Waals surface area contributed by atoms with Gasteiger partial charge in [0.2, 0.25) is 11.8 Å². The number of benzene rings is 2. The predicted molar refractivity (Wildman–Crippen MR) is 103 cm³/mol. The molecule has 3 aliphatic rings. The van der Waals surface area contributed by atoms with Crippen LogP contribution in [0.1, 0.15) is 29.6 Å². The van der Waals surface area contributed by atoms with E-state index in [0.717, 1.165) is 19.3 Å². The molecule has 1 heterocycles. The molecule has 2 saturated carbocycles. The highest BCUT2D eigenvalue weighted by Crippen LogP contribution is 2.57. The van der Waals surface area contributed by atoms with Crippen LogP contribution in [0.25, 0.3) is 0 Å². The number of esters is 1. The first-order chi connectivity index (χ1) is 13.6. The lowest BCUT2D eigenvalue weighted by Gasteiger charge is -2.20. The molecule has 1 aliphatic heterocycles. The van der Waals surface area contributed by atoms with E-state index in [1.54, 1.807) is 48.5 Å². The molecule has 2 aliphatic carbocycles. The Labute approximate surface area is 167 Å². The summed E-state index contributed by atoms with van der Waals surface area (Å²) in [4.78, 5) is 40.0. The van der Waals surface area contributed by atoms with Crippen LogP contribution < -0.4 is 9.64 Å². The fourth-order valence-electron chi connectivity index (χ4n) is 5.16. The smallest absolute Gasteiger partial charge is 0.345 e. The Balaban J connectivity index is 1.48. The van der Waals surface area contributed by atoms with Crippen LogP contribution in [0.15, 0.2) is 48.5 Å². The molecule has 142 valence electrons. The zero-order valence-corrected chi connectivity index (χ0v) is 15.8. The fourth-order valence-corrected chi connectivity index (χ4v) is 5.37. The zero-order valence-electron chi connectivity index (χ0n) is 15.0. The average molecular weight is 396 g/mol. The molecule has 2 bridgehead atoms. The molecule has 2 aromatic carbocycles. The average Bonchev–Trinajstić information content (AvgIpc) is 3.37. The number of para-hydroxylation sites is 2. The number of carbonyl (C=O) groups excluding carboxylic acids is 3. The van der Waals surface area contributed by atoms with Crippen molar-refractivity contribution in [2.45, 2.75) is 19.3 Å². The van der Waals surface area contributed by atoms with Gasteiger partial charge in [-0.05, 0) is 55.4 Å². The maximum Gasteiger partial charge on any atom is 0.345 e. The van der Waals surface area contributed by atoms with Gasteiger partial charge in [0.05, 0.1) is 28.1 Å². The molecular formula is C22H18ClNO4. The van der Waals surface area contributed by atoms with Crippen molar-refractivity contribution in [2.75, 3.05) is 4.90 Å². The Bertz CT molecular complexity index is 976. The Morgan fingerprint density at radius 3 is 2.21 bits per heavy atom. The first-order valence-electron chi connectivity index (χ1n) is 9.50. The summed E-state index contributed by atoms with van der Waals surface area (Å²) in [7, 11) is 0. The Morgan fingerprint density at radius 1 is 0.929 bits per heavy atom. The number of carbonyl (C=O) groups is 3. The highest BCUT2D eigenvalue weighted by atomic mass is 35.5. The zero-order chi connectivity index (χ0) is 19.4. The number of hydrogen-bond donors (Lipinski definition) is 0. The SMILES string of the molecule is O=C(Oc1ccccc1N1C(=O)[C@H]2[C@H]3CC[C@@H](C3)[C@@H]2C1=O)c1ccccc1Cl. The van der Waals surface area contributed by atoms with E-state index in [0.29, 0.717) is 17.5 Å². The Hall–Kier alpha value is -2.66. The number of hydrogen-bond acceptors (Lipinski definition) is 4. The van der Waals surface area contributed by atoms with Gasteiger partial charge in [0.15, 0.2) is 5.75 Å². The van der Waals surface area contributed by atoms with E-state index < -0.39 is 5.97 Å². The van der Waals surface area contributed by atoms with Crippen LogP contribution in [0.4, 0.5) is 5.69 Å². The third-order valence-corrected chi connectivity index (χ3v) is 6.66. The molecule has 0 spiro atoms. The fraction of sp³-hybridized carbons (Fsp3) is 0.318. The van der Waals surface area contributed by atoms with Gasteiger partial charge >= 0.3 is 5.97 Å². The summed E-state index contributed by atoms with van der Waals surface area (Å²) in [5.41, 5.74) is 0.555. The molecule has 0 radical (unpaired) electrons. The molecule has 1 saturated heterocycles. The molecule has 5 rings (SSSR count). The molecule has 2 amide bonds. The van der Waals surface area contributed by atoms with Gasteiger partial charge in [0, 0.05) is 0 Å². The Morgan fingerprint density at radius 2 is 1.54 bits per heavy atom. The normalized spacial score (nSPS) is 28.0. The lowest BCUT2D eigenvalue weighted by Crippen LogP contribution is -2.33. The molecular weight excluding hydrogens is 378 g/mol. The van der Waals surface area contributed by atoms with Crippen LogP contribution >= 0.6 is 11.6 Å². The van der Waals surface area contributed by atoms with Crippen molar-refractivity contribution >= 4 is 35.1 Å². The third-order valence-electron chi connectivity index (χ3n) is 6.33. The molecule has 6 heteroatoms. The van der Waals surface area contributed by atoms with Gasteiger partial charge in [-0.15, -0.1) is 0 Å². The third kappa shape index (κ3) is 2.49. The number of nitrogens with zero attached hydrogens (tertiary/aromatic N) is 1. The van der Waals surface area contributed by atoms with Crippen LogP contribution in [-0.2, 0) is 9.59 Å². The second-order valence-electron chi connectivity index (χ2n) is 7.73. The molecule has 4 atom stereocenters. The molecule has 28 heavy (non-hydrogen) atoms. The van der Waals surface area contributed by atoms with Gasteiger partial charge in [-0.1, -0.05) is 35.9 Å². The van der Waals surface area contributed by atoms with E-state index in [-0.39, 0.29) is 40.0 Å². The number of fused-ring (bicyclic) bond motifs is 5. The lowest BCUT2D eigenvalue weighted by atomic mass is 9.81. The number of imide groups is 1. The van der Waals surface area contributed by atoms with Crippen LogP contribution in [0.5, 0.6) is 5.75 Å². The van der Waals surface area contributed by atoms with E-state index >= 15 is 0 Å². The van der Waals surface area contributed by atoms with Crippen LogP contribution in [0, 0.1) is 23.7 Å². The predicted octanol–water partition coefficient (Wildman–Crippen LogP) is 4.09. The molecule has 2 aromatic rings. The van der Waals surface area contributed by atoms with Crippen LogP contribution in [0.3, 0.4) is 0 Å². The minimum atomic E-state index is -0.627. The number of halogens is 1. The van der Waals surface area contributed by atoms with Gasteiger partial charge in [-0.2, -0.15) is 0 Å². The standard InChI is InChI=1S/C22H18ClNO4/c23-15-6-2-1-5-14(15)22(27)28-17-8-4-3-7-16(17)24-20(25)18-12-9-10-13(11-12)19(18)21(24)26/h1-8,12-13,18-19H,9-11H2/t12-,13-,18-,19-/m0/s1. The van der Waals surface area contributed by atoms with Crippen molar-refractivity contribution in [3.05, 3.63) is 59.1 Å². The summed E-state index contributed by atoms with van der Waals surface area (Å²) in [6, 6.07) is 13.3. The summed E-state index contributed by atoms with van der Waals surface area (Å²) in [6.07, 6.45) is 3.01. The molecule has 0 aromatic heterocycles. The number of ether oxygens (including phenoxy) is 1. The summed E-state index contributed by atoms with van der Waals surface area (Å²) in [5, 5.41) is 0.282. The van der Waals surface area contributed by atoms with E-state index in [1.165, 1.54) is 4.90 Å². The first kappa shape index (κ1) is 17.4. The topological polar surface area (TPSA) is 63.7 Å². The molecule has 3 fully saturated rings. The maximum absolute atomic E-state index is 13.1. The van der Waals surface area contributed by atoms with Crippen LogP contribution in [-0.4, -0.2) is 17.8 Å². The number of rotatable bonds is 3. The largest absolute Gasteiger partial charge is 0.421 e. The Kier molecular flexibility index (Phi) is 4.02. The van der Waals surface area contributed by atoms with Crippen molar-refractivity contribution in [3.8, 4) is 5.75 Å². The van der Waals surface area contributed by atoms with Gasteiger partial charge in [0.1, 0.15) is 0 Å². The van der Waals surface area contributed by atoms with Gasteiger partial charge < -0.3 is 4.74 Å². The minimum Gasteiger partial charge on any atom is -0.421 e. The van der Waals surface area contributed by atoms with Crippen LogP contribution in [0.2, 0.25) is 5.02 Å². The molecule has 0 unspecified atom stereocenters. The van der Waals surface area contributed by atoms with Crippen molar-refractivity contribution < 1.29 is 19.1 Å². The van der Waals surface area contributed by atoms with Crippen molar-refractivity contribution in [2.24, 2.45) is 23.7 Å². The van der Waals surface area contributed by atoms with Gasteiger partial charge in [-0.3, -0.25) is 9.59 Å². The monoisotopic (exact) mass is 395 g/mol. The van der Waals surface area contributed by atoms with Gasteiger partial charge in [-0.25, -0.2) is 9.69 Å². The molecule has 0 N–H and O–H groups in total. The number of amides is 2. The summed E-state index contributed by atoms with van der Waals surface area (Å²) < 4.78 is 5.54. The van der Waals surface area contributed by atoms with E-state index in [2.05, 4.69) is 0 Å². The van der Waals surface area contributed by atoms with Gasteiger partial charge in [0.25, 0.3) is 0 Å². The highest BCUT2D eigenvalue weighted by molar-refractivity contribution is 6.33. The van der Waals surface area contributed by atoms with E-state index in [9.17, 15) is 14.4 Å². The summed E-state index contributed by atoms with van der Waals surface area (Å²) in [5.74, 6) is -0.619. The quantitative estimate of drug-likeness (QED) is 0.446. The maximum atomic E-state index is 13.1. The minimum absolute atomic E-state index is 0.163. The van der Waals surface area contributed by atoms with E-state index in [1.807, 2.05) is 0 Å². The second kappa shape index (κ2) is 6.45. The lowest BCUT2D eigenvalue weighted by molar-refractivity contribution is -0.123. The first-order valence-corrected chi connectivity index (χ1v) is 9.87. The molecule has 5 nitrogen and oxygen atoms in total.